The second kappa shape index (κ2) is 11.9. The van der Waals surface area contributed by atoms with Gasteiger partial charge in [0, 0.05) is 28.9 Å². The van der Waals surface area contributed by atoms with Gasteiger partial charge in [-0.05, 0) is 92.2 Å². The van der Waals surface area contributed by atoms with Crippen molar-refractivity contribution >= 4 is 35.1 Å². The third kappa shape index (κ3) is 5.91. The molecule has 0 bridgehead atoms. The molecular weight excluding hydrogens is 527 g/mol. The lowest BCUT2D eigenvalue weighted by Gasteiger charge is -2.23. The highest BCUT2D eigenvalue weighted by Crippen LogP contribution is 2.28. The Hall–Kier alpha value is -4.89. The maximum atomic E-state index is 13.9. The zero-order valence-corrected chi connectivity index (χ0v) is 23.5. The van der Waals surface area contributed by atoms with Gasteiger partial charge in [0.1, 0.15) is 11.5 Å². The van der Waals surface area contributed by atoms with Crippen LogP contribution in [0.2, 0.25) is 0 Å². The summed E-state index contributed by atoms with van der Waals surface area (Å²) in [6, 6.07) is 10.4. The summed E-state index contributed by atoms with van der Waals surface area (Å²) in [6.07, 6.45) is 12.6. The lowest BCUT2D eigenvalue weighted by atomic mass is 9.93. The molecule has 1 fully saturated rings. The Kier molecular flexibility index (Phi) is 7.74. The molecule has 8 nitrogen and oxygen atoms in total. The molecule has 1 aromatic carbocycles. The van der Waals surface area contributed by atoms with E-state index in [1.54, 1.807) is 12.3 Å². The van der Waals surface area contributed by atoms with Gasteiger partial charge in [0.05, 0.1) is 22.8 Å². The lowest BCUT2D eigenvalue weighted by Crippen LogP contribution is -2.28. The highest BCUT2D eigenvalue weighted by atomic mass is 19.1. The smallest absolute Gasteiger partial charge is 0.178 e. The number of aromatic amines is 2. The SMILES string of the molecule is C=C(CC1CCNCC1)Nc1cncc(/C(C)=C/C=c2/[nH]nc(-c3nc4nccc(-c5cccc(F)c5)c4[nH]3)c2=C)c1. The molecule has 6 rings (SSSR count). The van der Waals surface area contributed by atoms with Gasteiger partial charge in [0.15, 0.2) is 11.5 Å². The number of benzene rings is 1. The van der Waals surface area contributed by atoms with E-state index < -0.39 is 0 Å². The van der Waals surface area contributed by atoms with Crippen LogP contribution in [-0.4, -0.2) is 43.2 Å². The first-order chi connectivity index (χ1) is 20.4. The summed E-state index contributed by atoms with van der Waals surface area (Å²) in [5, 5.41) is 15.9. The van der Waals surface area contributed by atoms with Gasteiger partial charge < -0.3 is 15.6 Å². The number of anilines is 1. The van der Waals surface area contributed by atoms with E-state index in [4.69, 9.17) is 0 Å². The van der Waals surface area contributed by atoms with Gasteiger partial charge in [-0.1, -0.05) is 31.4 Å². The highest BCUT2D eigenvalue weighted by molar-refractivity contribution is 5.91. The molecule has 212 valence electrons. The molecule has 1 aliphatic rings. The molecule has 0 aliphatic carbocycles. The molecule has 0 spiro atoms. The number of hydrogen-bond acceptors (Lipinski definition) is 6. The number of halogens is 1. The summed E-state index contributed by atoms with van der Waals surface area (Å²) in [4.78, 5) is 16.8. The van der Waals surface area contributed by atoms with E-state index in [1.165, 1.54) is 25.0 Å². The number of nitrogens with zero attached hydrogens (tertiary/aromatic N) is 4. The van der Waals surface area contributed by atoms with Crippen LogP contribution in [-0.2, 0) is 0 Å². The average Bonchev–Trinajstić information content (AvgIpc) is 3.59. The van der Waals surface area contributed by atoms with Gasteiger partial charge in [-0.2, -0.15) is 5.10 Å². The Labute approximate surface area is 243 Å². The minimum absolute atomic E-state index is 0.301. The molecule has 42 heavy (non-hydrogen) atoms. The average molecular weight is 561 g/mol. The van der Waals surface area contributed by atoms with Crippen molar-refractivity contribution in [3.63, 3.8) is 0 Å². The summed E-state index contributed by atoms with van der Waals surface area (Å²) in [5.74, 6) is 0.904. The van der Waals surface area contributed by atoms with Crippen LogP contribution in [0.5, 0.6) is 0 Å². The van der Waals surface area contributed by atoms with Crippen molar-refractivity contribution < 1.29 is 4.39 Å². The Bertz CT molecular complexity index is 1890. The predicted octanol–water partition coefficient (Wildman–Crippen LogP) is 5.16. The van der Waals surface area contributed by atoms with Crippen molar-refractivity contribution in [3.05, 3.63) is 95.3 Å². The number of H-pyrrole nitrogens is 2. The van der Waals surface area contributed by atoms with E-state index >= 15 is 0 Å². The maximum Gasteiger partial charge on any atom is 0.178 e. The van der Waals surface area contributed by atoms with E-state index in [2.05, 4.69) is 60.0 Å². The van der Waals surface area contributed by atoms with Crippen LogP contribution in [0.15, 0.2) is 73.3 Å². The number of aromatic nitrogens is 6. The van der Waals surface area contributed by atoms with Crippen LogP contribution in [0.4, 0.5) is 10.1 Å². The second-order valence-electron chi connectivity index (χ2n) is 10.7. The van der Waals surface area contributed by atoms with Gasteiger partial charge >= 0.3 is 0 Å². The van der Waals surface area contributed by atoms with E-state index in [0.29, 0.717) is 33.8 Å². The van der Waals surface area contributed by atoms with E-state index in [-0.39, 0.29) is 5.82 Å². The number of pyridine rings is 2. The molecular formula is C33H33FN8. The minimum Gasteiger partial charge on any atom is -0.358 e. The molecule has 1 saturated heterocycles. The summed E-state index contributed by atoms with van der Waals surface area (Å²) in [6.45, 7) is 12.7. The molecule has 0 unspecified atom stereocenters. The first kappa shape index (κ1) is 27.3. The maximum absolute atomic E-state index is 13.9. The van der Waals surface area contributed by atoms with Crippen molar-refractivity contribution in [3.8, 4) is 22.6 Å². The summed E-state index contributed by atoms with van der Waals surface area (Å²) in [5.41, 5.74) is 7.37. The number of imidazole rings is 1. The fourth-order valence-corrected chi connectivity index (χ4v) is 5.35. The first-order valence-electron chi connectivity index (χ1n) is 14.1. The summed E-state index contributed by atoms with van der Waals surface area (Å²) >= 11 is 0. The van der Waals surface area contributed by atoms with Gasteiger partial charge in [-0.3, -0.25) is 10.1 Å². The Balaban J connectivity index is 1.22. The van der Waals surface area contributed by atoms with Gasteiger partial charge in [0.2, 0.25) is 0 Å². The zero-order chi connectivity index (χ0) is 29.1. The fraction of sp³-hybridized carbons (Fsp3) is 0.212. The molecule has 0 saturated carbocycles. The minimum atomic E-state index is -0.301. The standard InChI is InChI=1S/C33H33FN8/c1-20(25-17-27(19-36-18-25)38-21(2)15-23-9-12-35-13-10-23)7-8-29-22(3)30(42-41-29)33-39-31-28(11-14-37-32(31)40-33)24-5-4-6-26(34)16-24/h4-8,11,14,16-19,23,35,38,41H,2-3,9-10,12-13,15H2,1H3,(H,37,39,40)/b20-7+,29-8+. The molecule has 0 atom stereocenters. The van der Waals surface area contributed by atoms with E-state index in [0.717, 1.165) is 58.5 Å². The highest BCUT2D eigenvalue weighted by Gasteiger charge is 2.15. The fourth-order valence-electron chi connectivity index (χ4n) is 5.35. The molecule has 4 N–H and O–H groups in total. The molecule has 9 heteroatoms. The normalized spacial score (nSPS) is 14.9. The third-order valence-corrected chi connectivity index (χ3v) is 7.66. The number of nitrogens with one attached hydrogen (secondary N) is 4. The quantitative estimate of drug-likeness (QED) is 0.209. The van der Waals surface area contributed by atoms with Crippen LogP contribution in [0.25, 0.3) is 52.0 Å². The van der Waals surface area contributed by atoms with Crippen LogP contribution in [0, 0.1) is 11.7 Å². The number of fused-ring (bicyclic) bond motifs is 1. The monoisotopic (exact) mass is 560 g/mol. The van der Waals surface area contributed by atoms with Crippen LogP contribution < -0.4 is 21.2 Å². The third-order valence-electron chi connectivity index (χ3n) is 7.66. The summed E-state index contributed by atoms with van der Waals surface area (Å²) in [7, 11) is 0. The second-order valence-corrected chi connectivity index (χ2v) is 10.7. The van der Waals surface area contributed by atoms with Crippen molar-refractivity contribution in [1.29, 1.82) is 0 Å². The lowest BCUT2D eigenvalue weighted by molar-refractivity contribution is 0.373. The van der Waals surface area contributed by atoms with E-state index in [9.17, 15) is 4.39 Å². The van der Waals surface area contributed by atoms with Crippen molar-refractivity contribution in [1.82, 2.24) is 35.5 Å². The topological polar surface area (TPSA) is 107 Å². The predicted molar refractivity (Wildman–Crippen MR) is 167 cm³/mol. The van der Waals surface area contributed by atoms with Crippen molar-refractivity contribution in [2.45, 2.75) is 26.2 Å². The van der Waals surface area contributed by atoms with Crippen molar-refractivity contribution in [2.75, 3.05) is 18.4 Å². The van der Waals surface area contributed by atoms with Gasteiger partial charge in [0.25, 0.3) is 0 Å². The molecule has 5 aromatic rings. The van der Waals surface area contributed by atoms with Gasteiger partial charge in [-0.15, -0.1) is 0 Å². The van der Waals surface area contributed by atoms with Crippen LogP contribution in [0.1, 0.15) is 31.7 Å². The van der Waals surface area contributed by atoms with Crippen LogP contribution >= 0.6 is 0 Å². The number of rotatable bonds is 8. The number of allylic oxidation sites excluding steroid dienone is 3. The Morgan fingerprint density at radius 1 is 1.17 bits per heavy atom. The number of piperidine rings is 1. The first-order valence-corrected chi connectivity index (χ1v) is 14.1. The Morgan fingerprint density at radius 3 is 2.86 bits per heavy atom. The molecule has 4 aromatic heterocycles. The van der Waals surface area contributed by atoms with E-state index in [1.807, 2.05) is 43.6 Å². The van der Waals surface area contributed by atoms with Gasteiger partial charge in [-0.25, -0.2) is 14.4 Å². The number of hydrogen-bond donors (Lipinski definition) is 4. The van der Waals surface area contributed by atoms with Crippen LogP contribution in [0.3, 0.4) is 0 Å². The molecule has 0 radical (unpaired) electrons. The Morgan fingerprint density at radius 2 is 2.02 bits per heavy atom. The van der Waals surface area contributed by atoms with Crippen molar-refractivity contribution in [2.24, 2.45) is 5.92 Å². The summed E-state index contributed by atoms with van der Waals surface area (Å²) < 4.78 is 13.9. The molecule has 5 heterocycles. The molecule has 1 aliphatic heterocycles. The zero-order valence-electron chi connectivity index (χ0n) is 23.5. The largest absolute Gasteiger partial charge is 0.358 e. The molecule has 0 amide bonds.